The van der Waals surface area contributed by atoms with Crippen LogP contribution in [0.15, 0.2) is 53.4 Å². The van der Waals surface area contributed by atoms with Gasteiger partial charge in [-0.1, -0.05) is 47.5 Å². The summed E-state index contributed by atoms with van der Waals surface area (Å²) in [7, 11) is -4.02. The standard InChI is InChI=1S/C18H13Cl2N3O5S/c19-12-7-11(29(21,26)27)8-13(20)17(12)23-16(24)9-28-18(25)15-6-5-10-3-1-2-4-14(10)22-15/h1-8H,9H2,(H,23,24)(H2,21,26,27). The third kappa shape index (κ3) is 5.01. The number of esters is 1. The van der Waals surface area contributed by atoms with Crippen LogP contribution >= 0.6 is 23.2 Å². The Balaban J connectivity index is 1.67. The molecule has 3 N–H and O–H groups in total. The van der Waals surface area contributed by atoms with E-state index in [0.29, 0.717) is 5.52 Å². The van der Waals surface area contributed by atoms with Crippen molar-refractivity contribution in [3.8, 4) is 0 Å². The fourth-order valence-electron chi connectivity index (χ4n) is 2.39. The van der Waals surface area contributed by atoms with Crippen molar-refractivity contribution < 1.29 is 22.7 Å². The molecule has 3 rings (SSSR count). The minimum atomic E-state index is -4.02. The van der Waals surface area contributed by atoms with Gasteiger partial charge in [-0.3, -0.25) is 4.79 Å². The molecular formula is C18H13Cl2N3O5S. The number of nitrogens with one attached hydrogen (secondary N) is 1. The van der Waals surface area contributed by atoms with Crippen molar-refractivity contribution in [2.75, 3.05) is 11.9 Å². The Labute approximate surface area is 175 Å². The number of hydrogen-bond donors (Lipinski definition) is 2. The molecule has 0 unspecified atom stereocenters. The number of carbonyl (C=O) groups is 2. The van der Waals surface area contributed by atoms with Gasteiger partial charge in [0.05, 0.1) is 26.1 Å². The van der Waals surface area contributed by atoms with Gasteiger partial charge in [0.1, 0.15) is 5.69 Å². The number of nitrogens with zero attached hydrogens (tertiary/aromatic N) is 1. The molecule has 11 heteroatoms. The largest absolute Gasteiger partial charge is 0.451 e. The number of fused-ring (bicyclic) bond motifs is 1. The Hall–Kier alpha value is -2.72. The van der Waals surface area contributed by atoms with Gasteiger partial charge in [0.2, 0.25) is 10.0 Å². The normalized spacial score (nSPS) is 11.3. The number of primary sulfonamides is 1. The van der Waals surface area contributed by atoms with E-state index in [9.17, 15) is 18.0 Å². The molecule has 0 spiro atoms. The SMILES string of the molecule is NS(=O)(=O)c1cc(Cl)c(NC(=O)COC(=O)c2ccc3ccccc3n2)c(Cl)c1. The molecule has 1 amide bonds. The number of anilines is 1. The second kappa shape index (κ2) is 8.34. The average molecular weight is 454 g/mol. The zero-order chi connectivity index (χ0) is 21.2. The highest BCUT2D eigenvalue weighted by atomic mass is 35.5. The summed E-state index contributed by atoms with van der Waals surface area (Å²) in [5.41, 5.74) is 0.621. The van der Waals surface area contributed by atoms with E-state index in [1.54, 1.807) is 18.2 Å². The Morgan fingerprint density at radius 2 is 1.72 bits per heavy atom. The van der Waals surface area contributed by atoms with Crippen molar-refractivity contribution in [3.05, 3.63) is 64.3 Å². The van der Waals surface area contributed by atoms with Crippen LogP contribution in [0, 0.1) is 0 Å². The summed E-state index contributed by atoms with van der Waals surface area (Å²) in [4.78, 5) is 28.1. The molecule has 0 saturated carbocycles. The highest BCUT2D eigenvalue weighted by Crippen LogP contribution is 2.33. The maximum atomic E-state index is 12.1. The minimum absolute atomic E-state index is 0.0365. The first-order chi connectivity index (χ1) is 13.6. The van der Waals surface area contributed by atoms with Crippen LogP contribution in [0.4, 0.5) is 5.69 Å². The van der Waals surface area contributed by atoms with Crippen LogP contribution in [0.3, 0.4) is 0 Å². The molecule has 1 heterocycles. The summed E-state index contributed by atoms with van der Waals surface area (Å²) < 4.78 is 27.7. The summed E-state index contributed by atoms with van der Waals surface area (Å²) in [5.74, 6) is -1.51. The summed E-state index contributed by atoms with van der Waals surface area (Å²) in [5, 5.41) is 7.95. The lowest BCUT2D eigenvalue weighted by atomic mass is 10.2. The van der Waals surface area contributed by atoms with Gasteiger partial charge in [0.25, 0.3) is 5.91 Å². The zero-order valence-corrected chi connectivity index (χ0v) is 16.9. The molecule has 0 aliphatic rings. The molecule has 0 saturated heterocycles. The van der Waals surface area contributed by atoms with E-state index in [-0.39, 0.29) is 26.3 Å². The number of hydrogen-bond acceptors (Lipinski definition) is 6. The van der Waals surface area contributed by atoms with E-state index < -0.39 is 28.5 Å². The number of sulfonamides is 1. The van der Waals surface area contributed by atoms with Gasteiger partial charge in [-0.25, -0.2) is 23.3 Å². The van der Waals surface area contributed by atoms with E-state index in [2.05, 4.69) is 10.3 Å². The van der Waals surface area contributed by atoms with E-state index in [1.165, 1.54) is 6.07 Å². The molecule has 0 radical (unpaired) electrons. The number of aromatic nitrogens is 1. The topological polar surface area (TPSA) is 128 Å². The number of para-hydroxylation sites is 1. The van der Waals surface area contributed by atoms with E-state index >= 15 is 0 Å². The van der Waals surface area contributed by atoms with Crippen LogP contribution in [0.2, 0.25) is 10.0 Å². The maximum absolute atomic E-state index is 12.1. The first-order valence-corrected chi connectivity index (χ1v) is 10.3. The monoisotopic (exact) mass is 453 g/mol. The van der Waals surface area contributed by atoms with Crippen LogP contribution < -0.4 is 10.5 Å². The average Bonchev–Trinajstić information content (AvgIpc) is 2.67. The second-order valence-electron chi connectivity index (χ2n) is 5.82. The number of carbonyl (C=O) groups excluding carboxylic acids is 2. The summed E-state index contributed by atoms with van der Waals surface area (Å²) >= 11 is 11.9. The molecule has 150 valence electrons. The highest BCUT2D eigenvalue weighted by Gasteiger charge is 2.18. The van der Waals surface area contributed by atoms with Crippen molar-refractivity contribution in [3.63, 3.8) is 0 Å². The Morgan fingerprint density at radius 3 is 2.38 bits per heavy atom. The van der Waals surface area contributed by atoms with Crippen molar-refractivity contribution >= 4 is 61.7 Å². The van der Waals surface area contributed by atoms with E-state index in [4.69, 9.17) is 33.1 Å². The lowest BCUT2D eigenvalue weighted by Gasteiger charge is -2.11. The number of pyridine rings is 1. The second-order valence-corrected chi connectivity index (χ2v) is 8.20. The number of halogens is 2. The van der Waals surface area contributed by atoms with Crippen molar-refractivity contribution in [2.24, 2.45) is 5.14 Å². The number of ether oxygens (including phenoxy) is 1. The molecule has 2 aromatic carbocycles. The highest BCUT2D eigenvalue weighted by molar-refractivity contribution is 7.89. The van der Waals surface area contributed by atoms with Gasteiger partial charge < -0.3 is 10.1 Å². The van der Waals surface area contributed by atoms with Crippen molar-refractivity contribution in [2.45, 2.75) is 4.90 Å². The molecule has 0 atom stereocenters. The molecule has 1 aromatic heterocycles. The predicted molar refractivity (Wildman–Crippen MR) is 108 cm³/mol. The fourth-order valence-corrected chi connectivity index (χ4v) is 3.67. The Morgan fingerprint density at radius 1 is 1.07 bits per heavy atom. The molecule has 29 heavy (non-hydrogen) atoms. The van der Waals surface area contributed by atoms with Gasteiger partial charge in [-0.15, -0.1) is 0 Å². The van der Waals surface area contributed by atoms with Crippen LogP contribution in [0.25, 0.3) is 10.9 Å². The molecule has 0 aliphatic carbocycles. The predicted octanol–water partition coefficient (Wildman–Crippen LogP) is 2.98. The summed E-state index contributed by atoms with van der Waals surface area (Å²) in [6.45, 7) is -0.628. The zero-order valence-electron chi connectivity index (χ0n) is 14.6. The van der Waals surface area contributed by atoms with E-state index in [0.717, 1.165) is 17.5 Å². The molecule has 3 aromatic rings. The number of benzene rings is 2. The van der Waals surface area contributed by atoms with Gasteiger partial charge in [0.15, 0.2) is 6.61 Å². The molecule has 0 bridgehead atoms. The number of rotatable bonds is 5. The Kier molecular flexibility index (Phi) is 6.04. The van der Waals surface area contributed by atoms with Gasteiger partial charge in [-0.2, -0.15) is 0 Å². The molecule has 0 fully saturated rings. The van der Waals surface area contributed by atoms with Gasteiger partial charge in [0, 0.05) is 5.39 Å². The quantitative estimate of drug-likeness (QED) is 0.571. The van der Waals surface area contributed by atoms with Crippen LogP contribution in [-0.4, -0.2) is 31.9 Å². The lowest BCUT2D eigenvalue weighted by Crippen LogP contribution is -2.22. The van der Waals surface area contributed by atoms with Crippen molar-refractivity contribution in [1.29, 1.82) is 0 Å². The van der Waals surface area contributed by atoms with E-state index in [1.807, 2.05) is 12.1 Å². The summed E-state index contributed by atoms with van der Waals surface area (Å²) in [6, 6.07) is 12.5. The minimum Gasteiger partial charge on any atom is -0.451 e. The molecule has 0 aliphatic heterocycles. The Bertz CT molecular complexity index is 1210. The van der Waals surface area contributed by atoms with Crippen molar-refractivity contribution in [1.82, 2.24) is 4.98 Å². The molecular weight excluding hydrogens is 441 g/mol. The smallest absolute Gasteiger partial charge is 0.357 e. The van der Waals surface area contributed by atoms with Crippen LogP contribution in [0.1, 0.15) is 10.5 Å². The van der Waals surface area contributed by atoms with Crippen LogP contribution in [0.5, 0.6) is 0 Å². The lowest BCUT2D eigenvalue weighted by molar-refractivity contribution is -0.119. The first kappa shape index (κ1) is 21.0. The fraction of sp³-hybridized carbons (Fsp3) is 0.0556. The number of amides is 1. The third-order valence-corrected chi connectivity index (χ3v) is 5.24. The molecule has 8 nitrogen and oxygen atoms in total. The van der Waals surface area contributed by atoms with Gasteiger partial charge >= 0.3 is 5.97 Å². The van der Waals surface area contributed by atoms with Crippen LogP contribution in [-0.2, 0) is 19.6 Å². The maximum Gasteiger partial charge on any atom is 0.357 e. The van der Waals surface area contributed by atoms with Gasteiger partial charge in [-0.05, 0) is 24.3 Å². The summed E-state index contributed by atoms with van der Waals surface area (Å²) in [6.07, 6.45) is 0. The third-order valence-electron chi connectivity index (χ3n) is 3.75. The first-order valence-electron chi connectivity index (χ1n) is 8.00. The number of nitrogens with two attached hydrogens (primary N) is 1.